The van der Waals surface area contributed by atoms with Gasteiger partial charge in [0, 0.05) is 11.8 Å². The Morgan fingerprint density at radius 3 is 2.71 bits per heavy atom. The van der Waals surface area contributed by atoms with Gasteiger partial charge in [0.25, 0.3) is 0 Å². The van der Waals surface area contributed by atoms with Gasteiger partial charge in [0.2, 0.25) is 5.88 Å². The van der Waals surface area contributed by atoms with E-state index < -0.39 is 5.97 Å². The van der Waals surface area contributed by atoms with E-state index in [0.29, 0.717) is 29.3 Å². The van der Waals surface area contributed by atoms with Crippen molar-refractivity contribution in [2.75, 3.05) is 0 Å². The lowest BCUT2D eigenvalue weighted by atomic mass is 9.75. The Morgan fingerprint density at radius 1 is 1.38 bits per heavy atom. The second-order valence-electron chi connectivity index (χ2n) is 6.62. The van der Waals surface area contributed by atoms with Crippen molar-refractivity contribution in [3.63, 3.8) is 0 Å². The lowest BCUT2D eigenvalue weighted by Crippen LogP contribution is -2.36. The van der Waals surface area contributed by atoms with Gasteiger partial charge in [-0.15, -0.1) is 0 Å². The third-order valence-electron chi connectivity index (χ3n) is 4.41. The van der Waals surface area contributed by atoms with Crippen LogP contribution in [0.3, 0.4) is 0 Å². The van der Waals surface area contributed by atoms with E-state index in [1.54, 1.807) is 13.0 Å². The van der Waals surface area contributed by atoms with E-state index in [-0.39, 0.29) is 11.7 Å². The van der Waals surface area contributed by atoms with Crippen LogP contribution in [0.25, 0.3) is 0 Å². The van der Waals surface area contributed by atoms with Crippen molar-refractivity contribution in [3.8, 4) is 5.88 Å². The van der Waals surface area contributed by atoms with Crippen molar-refractivity contribution in [1.29, 1.82) is 0 Å². The number of aryl methyl sites for hydroxylation is 1. The Labute approximate surface area is 126 Å². The van der Waals surface area contributed by atoms with Crippen molar-refractivity contribution in [2.45, 2.75) is 53.1 Å². The molecule has 21 heavy (non-hydrogen) atoms. The first-order valence-corrected chi connectivity index (χ1v) is 7.75. The molecule has 0 amide bonds. The highest BCUT2D eigenvalue weighted by Crippen LogP contribution is 2.35. The standard InChI is InChI=1S/C17H25NO3/c1-10(2)14-6-5-11(3)7-15(14)21-16-9-13(17(19)20)8-12(4)18-16/h8-11,14-15H,5-7H2,1-4H3,(H,19,20). The molecule has 2 rings (SSSR count). The Kier molecular flexibility index (Phi) is 4.86. The molecule has 3 unspecified atom stereocenters. The molecule has 0 saturated heterocycles. The number of hydrogen-bond donors (Lipinski definition) is 1. The summed E-state index contributed by atoms with van der Waals surface area (Å²) in [7, 11) is 0. The van der Waals surface area contributed by atoms with Gasteiger partial charge in [0.05, 0.1) is 5.56 Å². The van der Waals surface area contributed by atoms with Crippen molar-refractivity contribution < 1.29 is 14.6 Å². The average molecular weight is 291 g/mol. The number of hydrogen-bond acceptors (Lipinski definition) is 3. The summed E-state index contributed by atoms with van der Waals surface area (Å²) in [5, 5.41) is 9.14. The van der Waals surface area contributed by atoms with Gasteiger partial charge in [-0.3, -0.25) is 0 Å². The SMILES string of the molecule is Cc1cc(C(=O)O)cc(OC2CC(C)CCC2C(C)C)n1. The predicted octanol–water partition coefficient (Wildman–Crippen LogP) is 3.93. The van der Waals surface area contributed by atoms with Gasteiger partial charge in [0.1, 0.15) is 6.10 Å². The zero-order chi connectivity index (χ0) is 15.6. The fraction of sp³-hybridized carbons (Fsp3) is 0.647. The maximum absolute atomic E-state index is 11.1. The van der Waals surface area contributed by atoms with Gasteiger partial charge in [0.15, 0.2) is 0 Å². The van der Waals surface area contributed by atoms with Gasteiger partial charge in [-0.2, -0.15) is 0 Å². The molecule has 1 fully saturated rings. The molecule has 1 aliphatic carbocycles. The Bertz CT molecular complexity index is 513. The number of nitrogens with zero attached hydrogens (tertiary/aromatic N) is 1. The predicted molar refractivity (Wildman–Crippen MR) is 81.7 cm³/mol. The third-order valence-corrected chi connectivity index (χ3v) is 4.41. The lowest BCUT2D eigenvalue weighted by Gasteiger charge is -2.37. The molecule has 1 N–H and O–H groups in total. The molecule has 1 aliphatic rings. The minimum atomic E-state index is -0.942. The highest BCUT2D eigenvalue weighted by Gasteiger charge is 2.32. The van der Waals surface area contributed by atoms with Crippen molar-refractivity contribution in [3.05, 3.63) is 23.4 Å². The smallest absolute Gasteiger partial charge is 0.335 e. The molecule has 4 heteroatoms. The summed E-state index contributed by atoms with van der Waals surface area (Å²) in [6.07, 6.45) is 3.55. The monoisotopic (exact) mass is 291 g/mol. The number of carboxylic acid groups (broad SMARTS) is 1. The average Bonchev–Trinajstić information content (AvgIpc) is 2.37. The second-order valence-corrected chi connectivity index (χ2v) is 6.62. The number of carbonyl (C=O) groups is 1. The third kappa shape index (κ3) is 3.96. The van der Waals surface area contributed by atoms with E-state index in [1.807, 2.05) is 0 Å². The van der Waals surface area contributed by atoms with Crippen LogP contribution in [-0.4, -0.2) is 22.2 Å². The number of carboxylic acids is 1. The molecule has 0 aromatic carbocycles. The number of pyridine rings is 1. The largest absolute Gasteiger partial charge is 0.478 e. The van der Waals surface area contributed by atoms with Crippen LogP contribution < -0.4 is 4.74 Å². The van der Waals surface area contributed by atoms with E-state index >= 15 is 0 Å². The molecule has 0 spiro atoms. The van der Waals surface area contributed by atoms with E-state index in [1.165, 1.54) is 18.9 Å². The molecule has 1 heterocycles. The number of aromatic carboxylic acids is 1. The molecule has 1 aromatic rings. The zero-order valence-electron chi connectivity index (χ0n) is 13.3. The first-order chi connectivity index (χ1) is 9.86. The van der Waals surface area contributed by atoms with E-state index in [9.17, 15) is 4.79 Å². The number of ether oxygens (including phenoxy) is 1. The van der Waals surface area contributed by atoms with E-state index in [4.69, 9.17) is 9.84 Å². The molecular formula is C17H25NO3. The van der Waals surface area contributed by atoms with E-state index in [0.717, 1.165) is 6.42 Å². The summed E-state index contributed by atoms with van der Waals surface area (Å²) >= 11 is 0. The Morgan fingerprint density at radius 2 is 2.10 bits per heavy atom. The summed E-state index contributed by atoms with van der Waals surface area (Å²) in [5.41, 5.74) is 0.914. The fourth-order valence-corrected chi connectivity index (χ4v) is 3.23. The summed E-state index contributed by atoms with van der Waals surface area (Å²) in [6, 6.07) is 3.10. The van der Waals surface area contributed by atoms with Crippen LogP contribution in [0, 0.1) is 24.7 Å². The molecule has 116 valence electrons. The highest BCUT2D eigenvalue weighted by atomic mass is 16.5. The van der Waals surface area contributed by atoms with Crippen LogP contribution in [0.1, 0.15) is 56.1 Å². The van der Waals surface area contributed by atoms with Crippen LogP contribution in [0.2, 0.25) is 0 Å². The highest BCUT2D eigenvalue weighted by molar-refractivity contribution is 5.88. The maximum Gasteiger partial charge on any atom is 0.335 e. The van der Waals surface area contributed by atoms with Gasteiger partial charge in [-0.1, -0.05) is 27.2 Å². The molecule has 1 saturated carbocycles. The van der Waals surface area contributed by atoms with Gasteiger partial charge >= 0.3 is 5.97 Å². The Hall–Kier alpha value is -1.58. The summed E-state index contributed by atoms with van der Waals surface area (Å²) in [5.74, 6) is 1.22. The zero-order valence-corrected chi connectivity index (χ0v) is 13.3. The minimum absolute atomic E-state index is 0.129. The molecule has 4 nitrogen and oxygen atoms in total. The molecule has 0 bridgehead atoms. The maximum atomic E-state index is 11.1. The van der Waals surface area contributed by atoms with Gasteiger partial charge < -0.3 is 9.84 Å². The van der Waals surface area contributed by atoms with Crippen LogP contribution in [0.5, 0.6) is 5.88 Å². The summed E-state index contributed by atoms with van der Waals surface area (Å²) in [6.45, 7) is 8.49. The lowest BCUT2D eigenvalue weighted by molar-refractivity contribution is 0.0422. The first kappa shape index (κ1) is 15.8. The molecule has 0 radical (unpaired) electrons. The van der Waals surface area contributed by atoms with Gasteiger partial charge in [-0.05, 0) is 43.6 Å². The second kappa shape index (κ2) is 6.46. The van der Waals surface area contributed by atoms with Crippen molar-refractivity contribution in [1.82, 2.24) is 4.98 Å². The topological polar surface area (TPSA) is 59.4 Å². The molecule has 0 aliphatic heterocycles. The number of aromatic nitrogens is 1. The van der Waals surface area contributed by atoms with Crippen molar-refractivity contribution >= 4 is 5.97 Å². The van der Waals surface area contributed by atoms with Crippen LogP contribution in [-0.2, 0) is 0 Å². The quantitative estimate of drug-likeness (QED) is 0.913. The van der Waals surface area contributed by atoms with Crippen LogP contribution >= 0.6 is 0 Å². The van der Waals surface area contributed by atoms with Crippen molar-refractivity contribution in [2.24, 2.45) is 17.8 Å². The number of rotatable bonds is 4. The minimum Gasteiger partial charge on any atom is -0.478 e. The molecular weight excluding hydrogens is 266 g/mol. The van der Waals surface area contributed by atoms with Crippen LogP contribution in [0.4, 0.5) is 0 Å². The fourth-order valence-electron chi connectivity index (χ4n) is 3.23. The van der Waals surface area contributed by atoms with Crippen LogP contribution in [0.15, 0.2) is 12.1 Å². The van der Waals surface area contributed by atoms with Gasteiger partial charge in [-0.25, -0.2) is 9.78 Å². The Balaban J connectivity index is 2.20. The molecule has 3 atom stereocenters. The summed E-state index contributed by atoms with van der Waals surface area (Å²) in [4.78, 5) is 15.5. The normalized spacial score (nSPS) is 25.9. The first-order valence-electron chi connectivity index (χ1n) is 7.75. The van der Waals surface area contributed by atoms with E-state index in [2.05, 4.69) is 25.8 Å². The molecule has 1 aromatic heterocycles. The summed E-state index contributed by atoms with van der Waals surface area (Å²) < 4.78 is 6.10.